The number of fused-ring (bicyclic) bond motifs is 1. The maximum atomic E-state index is 13.0. The molecule has 0 aliphatic carbocycles. The Kier molecular flexibility index (Phi) is 6.10. The largest absolute Gasteiger partial charge is 0.465 e. The molecule has 0 spiro atoms. The van der Waals surface area contributed by atoms with Crippen molar-refractivity contribution in [1.82, 2.24) is 15.1 Å². The summed E-state index contributed by atoms with van der Waals surface area (Å²) < 4.78 is 0. The Bertz CT molecular complexity index is 715. The van der Waals surface area contributed by atoms with Crippen molar-refractivity contribution < 1.29 is 19.5 Å². The van der Waals surface area contributed by atoms with Crippen molar-refractivity contribution in [2.45, 2.75) is 70.0 Å². The zero-order valence-corrected chi connectivity index (χ0v) is 17.7. The van der Waals surface area contributed by atoms with Crippen LogP contribution in [0.1, 0.15) is 41.0 Å². The second kappa shape index (κ2) is 7.71. The number of nitrogens with one attached hydrogen (secondary N) is 1. The first-order valence-electron chi connectivity index (χ1n) is 9.18. The van der Waals surface area contributed by atoms with Gasteiger partial charge in [-0.15, -0.1) is 0 Å². The minimum Gasteiger partial charge on any atom is -0.465 e. The minimum atomic E-state index is -1.17. The van der Waals surface area contributed by atoms with Crippen molar-refractivity contribution in [3.05, 3.63) is 10.4 Å². The van der Waals surface area contributed by atoms with Gasteiger partial charge in [-0.25, -0.2) is 4.79 Å². The molecule has 0 aromatic heterocycles. The van der Waals surface area contributed by atoms with Crippen molar-refractivity contribution in [3.63, 3.8) is 0 Å². The van der Waals surface area contributed by atoms with Gasteiger partial charge in [-0.1, -0.05) is 19.0 Å². The van der Waals surface area contributed by atoms with E-state index in [0.29, 0.717) is 13.0 Å². The topological polar surface area (TPSA) is 139 Å². The summed E-state index contributed by atoms with van der Waals surface area (Å²) in [5, 5.41) is 15.5. The second-order valence-electron chi connectivity index (χ2n) is 8.77. The number of rotatable bonds is 6. The van der Waals surface area contributed by atoms with Gasteiger partial charge < -0.3 is 15.3 Å². The fourth-order valence-electron chi connectivity index (χ4n) is 4.15. The Labute approximate surface area is 169 Å². The Morgan fingerprint density at radius 2 is 2.04 bits per heavy atom. The first-order chi connectivity index (χ1) is 12.9. The van der Waals surface area contributed by atoms with Gasteiger partial charge in [0.05, 0.1) is 6.04 Å². The quantitative estimate of drug-likeness (QED) is 0.153. The van der Waals surface area contributed by atoms with E-state index in [4.69, 9.17) is 5.53 Å². The molecule has 2 fully saturated rings. The lowest BCUT2D eigenvalue weighted by Gasteiger charge is -2.52. The molecule has 0 radical (unpaired) electrons. The van der Waals surface area contributed by atoms with Gasteiger partial charge in [-0.05, 0) is 32.7 Å². The standard InChI is InChI=1S/C17H28N6O4S/c1-16(2,3)23(15(26)27)10-9-12(28)17(4,5)11(22(9)14(10)25)13(24)19-7-6-8-20-21-18/h9-12,28H,6-8H2,1-5H3,(H,19,24)(H,26,27)/t9-,10-,11-,12?/m1/s1. The molecule has 2 N–H and O–H groups in total. The summed E-state index contributed by atoms with van der Waals surface area (Å²) in [7, 11) is 0. The van der Waals surface area contributed by atoms with Crippen LogP contribution >= 0.6 is 12.6 Å². The van der Waals surface area contributed by atoms with Crippen LogP contribution < -0.4 is 5.32 Å². The molecule has 3 amide bonds. The fourth-order valence-corrected chi connectivity index (χ4v) is 4.60. The second-order valence-corrected chi connectivity index (χ2v) is 9.33. The van der Waals surface area contributed by atoms with Crippen molar-refractivity contribution in [3.8, 4) is 0 Å². The summed E-state index contributed by atoms with van der Waals surface area (Å²) >= 11 is 4.68. The van der Waals surface area contributed by atoms with Crippen LogP contribution in [0.2, 0.25) is 0 Å². The number of amides is 3. The summed E-state index contributed by atoms with van der Waals surface area (Å²) in [6.07, 6.45) is -0.681. The van der Waals surface area contributed by atoms with Gasteiger partial charge in [0.25, 0.3) is 0 Å². The number of carboxylic acid groups (broad SMARTS) is 1. The van der Waals surface area contributed by atoms with E-state index in [0.717, 1.165) is 4.90 Å². The third-order valence-corrected chi connectivity index (χ3v) is 6.44. The van der Waals surface area contributed by atoms with Crippen LogP contribution in [0.4, 0.5) is 4.79 Å². The number of β-lactam (4-membered cyclic amide) rings is 1. The Morgan fingerprint density at radius 3 is 2.54 bits per heavy atom. The Hall–Kier alpha value is -2.13. The smallest absolute Gasteiger partial charge is 0.408 e. The zero-order valence-electron chi connectivity index (χ0n) is 16.8. The van der Waals surface area contributed by atoms with E-state index in [9.17, 15) is 19.5 Å². The average molecular weight is 413 g/mol. The molecule has 0 saturated carbocycles. The summed E-state index contributed by atoms with van der Waals surface area (Å²) in [4.78, 5) is 42.9. The van der Waals surface area contributed by atoms with Crippen molar-refractivity contribution in [1.29, 1.82) is 0 Å². The van der Waals surface area contributed by atoms with Gasteiger partial charge in [-0.2, -0.15) is 12.6 Å². The van der Waals surface area contributed by atoms with E-state index in [1.807, 2.05) is 13.8 Å². The molecule has 2 heterocycles. The summed E-state index contributed by atoms with van der Waals surface area (Å²) in [6.45, 7) is 9.52. The lowest BCUT2D eigenvalue weighted by atomic mass is 9.81. The molecule has 4 atom stereocenters. The van der Waals surface area contributed by atoms with Crippen molar-refractivity contribution >= 4 is 30.5 Å². The molecule has 156 valence electrons. The molecule has 2 saturated heterocycles. The average Bonchev–Trinajstić information content (AvgIpc) is 2.75. The summed E-state index contributed by atoms with van der Waals surface area (Å²) in [6, 6.07) is -2.07. The van der Waals surface area contributed by atoms with E-state index >= 15 is 0 Å². The van der Waals surface area contributed by atoms with Gasteiger partial charge in [0.15, 0.2) is 0 Å². The van der Waals surface area contributed by atoms with E-state index in [2.05, 4.69) is 28.0 Å². The van der Waals surface area contributed by atoms with Gasteiger partial charge >= 0.3 is 6.09 Å². The highest BCUT2D eigenvalue weighted by Gasteiger charge is 2.69. The highest BCUT2D eigenvalue weighted by Crippen LogP contribution is 2.51. The highest BCUT2D eigenvalue weighted by atomic mass is 32.1. The van der Waals surface area contributed by atoms with Crippen LogP contribution in [0.5, 0.6) is 0 Å². The molecule has 2 aliphatic rings. The van der Waals surface area contributed by atoms with Gasteiger partial charge in [-0.3, -0.25) is 14.5 Å². The normalized spacial score (nSPS) is 28.1. The van der Waals surface area contributed by atoms with Crippen LogP contribution in [-0.2, 0) is 9.59 Å². The molecule has 11 heteroatoms. The number of carbonyl (C=O) groups is 3. The van der Waals surface area contributed by atoms with Gasteiger partial charge in [0, 0.05) is 34.2 Å². The maximum Gasteiger partial charge on any atom is 0.408 e. The van der Waals surface area contributed by atoms with Gasteiger partial charge in [0.1, 0.15) is 12.1 Å². The molecule has 1 unspecified atom stereocenters. The molecular formula is C17H28N6O4S. The van der Waals surface area contributed by atoms with Crippen LogP contribution in [0.3, 0.4) is 0 Å². The summed E-state index contributed by atoms with van der Waals surface area (Å²) in [5.41, 5.74) is 6.87. The zero-order chi connectivity index (χ0) is 21.4. The number of nitrogens with zero attached hydrogens (tertiary/aromatic N) is 5. The summed E-state index contributed by atoms with van der Waals surface area (Å²) in [5.74, 6) is -0.682. The SMILES string of the molecule is CC1(C)C(S)[C@H]2[C@@H](N(C(=O)O)C(C)(C)C)C(=O)N2[C@@H]1C(=O)NCCCN=[N+]=[N-]. The van der Waals surface area contributed by atoms with Crippen LogP contribution in [0.25, 0.3) is 10.4 Å². The molecule has 0 bridgehead atoms. The molecular weight excluding hydrogens is 384 g/mol. The van der Waals surface area contributed by atoms with Crippen LogP contribution in [0, 0.1) is 5.41 Å². The van der Waals surface area contributed by atoms with Gasteiger partial charge in [0.2, 0.25) is 11.8 Å². The number of carbonyl (C=O) groups excluding carboxylic acids is 2. The third-order valence-electron chi connectivity index (χ3n) is 5.47. The number of thiol groups is 1. The fraction of sp³-hybridized carbons (Fsp3) is 0.824. The molecule has 0 aromatic rings. The first kappa shape index (κ1) is 22.2. The Morgan fingerprint density at radius 1 is 1.43 bits per heavy atom. The number of hydrogen-bond donors (Lipinski definition) is 3. The predicted molar refractivity (Wildman–Crippen MR) is 106 cm³/mol. The highest BCUT2D eigenvalue weighted by molar-refractivity contribution is 7.81. The molecule has 10 nitrogen and oxygen atoms in total. The van der Waals surface area contributed by atoms with Crippen molar-refractivity contribution in [2.24, 2.45) is 10.5 Å². The lowest BCUT2D eigenvalue weighted by Crippen LogP contribution is -2.75. The number of azide groups is 1. The van der Waals surface area contributed by atoms with Crippen LogP contribution in [-0.4, -0.2) is 74.8 Å². The monoisotopic (exact) mass is 412 g/mol. The predicted octanol–water partition coefficient (Wildman–Crippen LogP) is 1.87. The molecule has 2 rings (SSSR count). The lowest BCUT2D eigenvalue weighted by molar-refractivity contribution is -0.164. The maximum absolute atomic E-state index is 13.0. The van der Waals surface area contributed by atoms with Crippen LogP contribution in [0.15, 0.2) is 5.11 Å². The van der Waals surface area contributed by atoms with E-state index in [1.54, 1.807) is 20.8 Å². The van der Waals surface area contributed by atoms with E-state index < -0.39 is 35.2 Å². The van der Waals surface area contributed by atoms with Crippen molar-refractivity contribution in [2.75, 3.05) is 13.1 Å². The van der Waals surface area contributed by atoms with E-state index in [-0.39, 0.29) is 23.6 Å². The minimum absolute atomic E-state index is 0.270. The third kappa shape index (κ3) is 3.60. The van der Waals surface area contributed by atoms with E-state index in [1.165, 1.54) is 4.90 Å². The first-order valence-corrected chi connectivity index (χ1v) is 9.70. The molecule has 2 aliphatic heterocycles. The Balaban J connectivity index is 2.22. The number of hydrogen-bond acceptors (Lipinski definition) is 5. The molecule has 28 heavy (non-hydrogen) atoms. The molecule has 0 aromatic carbocycles.